The maximum atomic E-state index is 13.5. The number of para-hydroxylation sites is 2. The van der Waals surface area contributed by atoms with Gasteiger partial charge in [0.05, 0.1) is 66.4 Å². The average molecular weight is 1210 g/mol. The molecule has 2 aliphatic carbocycles. The fourth-order valence-corrected chi connectivity index (χ4v) is 14.0. The summed E-state index contributed by atoms with van der Waals surface area (Å²) in [6.07, 6.45) is 12.9. The summed E-state index contributed by atoms with van der Waals surface area (Å²) >= 11 is 13.7. The molecule has 440 valence electrons. The maximum absolute atomic E-state index is 13.5. The van der Waals surface area contributed by atoms with E-state index >= 15 is 0 Å². The minimum atomic E-state index is -1.97. The molecular formula is C65H74Cl2N6O9Si2. The number of halogens is 2. The van der Waals surface area contributed by atoms with Gasteiger partial charge in [0.1, 0.15) is 21.8 Å². The van der Waals surface area contributed by atoms with Gasteiger partial charge < -0.3 is 43.0 Å². The highest BCUT2D eigenvalue weighted by molar-refractivity contribution is 6.74. The van der Waals surface area contributed by atoms with Gasteiger partial charge in [-0.1, -0.05) is 133 Å². The smallest absolute Gasteiger partial charge is 0.259 e. The molecule has 4 aliphatic rings. The fourth-order valence-electron chi connectivity index (χ4n) is 10.7. The Labute approximate surface area is 501 Å². The number of carbonyl (C=O) groups is 4. The van der Waals surface area contributed by atoms with E-state index in [1.165, 1.54) is 0 Å². The zero-order chi connectivity index (χ0) is 59.7. The Balaban J connectivity index is 0.000000169. The van der Waals surface area contributed by atoms with Crippen molar-refractivity contribution in [1.82, 2.24) is 30.2 Å². The Hall–Kier alpha value is -7.23. The normalized spacial score (nSPS) is 19.1. The summed E-state index contributed by atoms with van der Waals surface area (Å²) in [7, 11) is -0.461. The molecule has 4 aromatic heterocycles. The third-order valence-electron chi connectivity index (χ3n) is 17.1. The fraction of sp³-hybridized carbons (Fsp3) is 0.323. The Morgan fingerprint density at radius 2 is 1.02 bits per heavy atom. The zero-order valence-electron chi connectivity index (χ0n) is 48.7. The van der Waals surface area contributed by atoms with Crippen LogP contribution in [0.25, 0.3) is 65.9 Å². The summed E-state index contributed by atoms with van der Waals surface area (Å²) < 4.78 is 25.6. The number of allylic oxidation sites excluding steroid dienone is 1. The molecule has 8 aromatic rings. The van der Waals surface area contributed by atoms with Crippen molar-refractivity contribution in [3.63, 3.8) is 0 Å². The number of methoxy groups -OCH3 is 2. The van der Waals surface area contributed by atoms with E-state index in [1.807, 2.05) is 97.1 Å². The van der Waals surface area contributed by atoms with E-state index in [1.54, 1.807) is 26.6 Å². The van der Waals surface area contributed by atoms with Gasteiger partial charge in [0.2, 0.25) is 0 Å². The van der Waals surface area contributed by atoms with Gasteiger partial charge in [-0.15, -0.1) is 0 Å². The quantitative estimate of drug-likeness (QED) is 0.0414. The molecule has 0 spiro atoms. The molecule has 84 heavy (non-hydrogen) atoms. The second-order valence-corrected chi connectivity index (χ2v) is 34.7. The molecule has 4 aromatic carbocycles. The van der Waals surface area contributed by atoms with Crippen LogP contribution in [0.3, 0.4) is 0 Å². The van der Waals surface area contributed by atoms with Crippen LogP contribution >= 0.6 is 23.2 Å². The van der Waals surface area contributed by atoms with Crippen molar-refractivity contribution < 1.29 is 42.6 Å². The minimum Gasteiger partial charge on any atom is -0.497 e. The Morgan fingerprint density at radius 3 is 1.52 bits per heavy atom. The number of aromatic nitrogens is 4. The van der Waals surface area contributed by atoms with Crippen LogP contribution in [0.5, 0.6) is 11.5 Å². The van der Waals surface area contributed by atoms with Gasteiger partial charge in [0, 0.05) is 85.6 Å². The standard InChI is InChI=1S/C32H34ClN3O4Si.C21H14ClN3O3.C11H22O2Si.CH4/c1-32(2,3)41(5,6)40-20-12-11-18(15-20)36-25-10-8-7-9-21(25)26(29(36)33)28-27(30(37)35-31(28)38)23-17-34-24-14-13-19(39-4)16-22(23)24;1-28-10-6-7-14-12(8-10)13(9-23-14)17-18(21(27)25-20(17)26)16-11-4-2-3-5-15(11)24-19(16)22;1-11(2,3)14(4,5)13-10-7-6-9(12)8-10;/h7-14,16-18,20,34H,15H2,1-6H3,(H,35,37,38);2-9,23-24H,1H3,(H,25,26,27);6-7,9-10,12H,8H2,1-5H3;1H4/t18-,20+;;9-,10-;/m0.1./s1. The molecule has 4 atom stereocenters. The first-order valence-corrected chi connectivity index (χ1v) is 34.3. The summed E-state index contributed by atoms with van der Waals surface area (Å²) in [5.41, 5.74) is 6.78. The summed E-state index contributed by atoms with van der Waals surface area (Å²) in [5, 5.41) is 18.5. The Morgan fingerprint density at radius 1 is 0.560 bits per heavy atom. The van der Waals surface area contributed by atoms with Crippen LogP contribution < -0.4 is 20.1 Å². The van der Waals surface area contributed by atoms with Gasteiger partial charge >= 0.3 is 0 Å². The largest absolute Gasteiger partial charge is 0.497 e. The van der Waals surface area contributed by atoms with Crippen molar-refractivity contribution >= 4 is 129 Å². The van der Waals surface area contributed by atoms with Gasteiger partial charge in [-0.25, -0.2) is 0 Å². The van der Waals surface area contributed by atoms with E-state index in [-0.39, 0.29) is 58.6 Å². The van der Waals surface area contributed by atoms with Crippen LogP contribution in [0.2, 0.25) is 46.6 Å². The van der Waals surface area contributed by atoms with Crippen molar-refractivity contribution in [2.75, 3.05) is 14.2 Å². The highest BCUT2D eigenvalue weighted by atomic mass is 35.5. The van der Waals surface area contributed by atoms with Crippen LogP contribution in [-0.2, 0) is 28.0 Å². The molecule has 2 aliphatic heterocycles. The van der Waals surface area contributed by atoms with Crippen molar-refractivity contribution in [3.8, 4) is 11.5 Å². The molecule has 6 heterocycles. The lowest BCUT2D eigenvalue weighted by Gasteiger charge is -2.38. The van der Waals surface area contributed by atoms with E-state index in [4.69, 9.17) is 41.5 Å². The molecule has 0 fully saturated rings. The number of aliphatic hydroxyl groups excluding tert-OH is 1. The van der Waals surface area contributed by atoms with Crippen LogP contribution in [0.1, 0.15) is 90.1 Å². The van der Waals surface area contributed by atoms with Crippen molar-refractivity contribution in [2.24, 2.45) is 0 Å². The van der Waals surface area contributed by atoms with Gasteiger partial charge in [-0.05, 0) is 84.8 Å². The van der Waals surface area contributed by atoms with Crippen LogP contribution in [-0.4, -0.2) is 97.4 Å². The number of aliphatic hydroxyl groups is 1. The number of fused-ring (bicyclic) bond motifs is 4. The van der Waals surface area contributed by atoms with E-state index in [2.05, 4.69) is 110 Å². The topological polar surface area (TPSA) is 202 Å². The number of nitrogens with zero attached hydrogens (tertiary/aromatic N) is 1. The molecule has 0 bridgehead atoms. The Bertz CT molecular complexity index is 4050. The van der Waals surface area contributed by atoms with Crippen molar-refractivity contribution in [2.45, 2.75) is 122 Å². The predicted octanol–water partition coefficient (Wildman–Crippen LogP) is 14.5. The number of imide groups is 2. The first-order valence-electron chi connectivity index (χ1n) is 27.7. The second kappa shape index (κ2) is 23.3. The number of amides is 4. The van der Waals surface area contributed by atoms with Crippen molar-refractivity contribution in [3.05, 3.63) is 154 Å². The van der Waals surface area contributed by atoms with E-state index in [9.17, 15) is 24.3 Å². The lowest BCUT2D eigenvalue weighted by atomic mass is 9.95. The number of rotatable bonds is 11. The highest BCUT2D eigenvalue weighted by Crippen LogP contribution is 2.47. The van der Waals surface area contributed by atoms with Crippen LogP contribution in [0.4, 0.5) is 0 Å². The lowest BCUT2D eigenvalue weighted by molar-refractivity contribution is -0.124. The summed E-state index contributed by atoms with van der Waals surface area (Å²) in [4.78, 5) is 61.7. The molecule has 0 saturated carbocycles. The number of nitrogens with one attached hydrogen (secondary N) is 5. The molecule has 0 unspecified atom stereocenters. The third kappa shape index (κ3) is 11.4. The monoisotopic (exact) mass is 1210 g/mol. The number of carbonyl (C=O) groups excluding carboxylic acids is 4. The summed E-state index contributed by atoms with van der Waals surface area (Å²) in [6.45, 7) is 22.4. The van der Waals surface area contributed by atoms with E-state index in [0.29, 0.717) is 49.6 Å². The predicted molar refractivity (Wildman–Crippen MR) is 343 cm³/mol. The molecule has 4 amide bonds. The van der Waals surface area contributed by atoms with Crippen molar-refractivity contribution in [1.29, 1.82) is 0 Å². The van der Waals surface area contributed by atoms with Gasteiger partial charge in [0.25, 0.3) is 23.6 Å². The molecule has 15 nitrogen and oxygen atoms in total. The molecule has 0 radical (unpaired) electrons. The highest BCUT2D eigenvalue weighted by Gasteiger charge is 2.43. The average Bonchev–Trinajstić information content (AvgIpc) is 1.75. The lowest BCUT2D eigenvalue weighted by Crippen LogP contribution is -2.43. The number of benzene rings is 4. The minimum absolute atomic E-state index is 0. The Kier molecular flexibility index (Phi) is 17.0. The summed E-state index contributed by atoms with van der Waals surface area (Å²) in [6, 6.07) is 26.4. The first kappa shape index (κ1) is 61.3. The van der Waals surface area contributed by atoms with Crippen LogP contribution in [0, 0.1) is 0 Å². The molecular weight excluding hydrogens is 1140 g/mol. The SMILES string of the molecule is C.CC(C)(C)[Si](C)(C)O[C@@H]1C=C[C@@H](O)C1.COc1ccc2[nH]cc(C3=C(c4c(Cl)[nH]c5ccccc45)C(=O)NC3=O)c2c1.COc1ccc2[nH]cc(C3=C(c4c(Cl)n([C@H]5C=C[C@@H](O[Si](C)(C)C(C)(C)C)C5)c5ccccc45)C(=O)NC3=O)c2c1. The third-order valence-corrected chi connectivity index (χ3v) is 26.7. The molecule has 0 saturated heterocycles. The number of hydrogen-bond acceptors (Lipinski definition) is 9. The van der Waals surface area contributed by atoms with Gasteiger partial charge in [-0.3, -0.25) is 29.8 Å². The van der Waals surface area contributed by atoms with E-state index in [0.717, 1.165) is 56.5 Å². The zero-order valence-corrected chi connectivity index (χ0v) is 52.2. The molecule has 12 rings (SSSR count). The van der Waals surface area contributed by atoms with E-state index < -0.39 is 40.3 Å². The molecule has 6 N–H and O–H groups in total. The van der Waals surface area contributed by atoms with Gasteiger partial charge in [0.15, 0.2) is 16.6 Å². The summed E-state index contributed by atoms with van der Waals surface area (Å²) in [5.74, 6) is -0.528. The maximum Gasteiger partial charge on any atom is 0.259 e. The number of ether oxygens (including phenoxy) is 2. The van der Waals surface area contributed by atoms with Gasteiger partial charge in [-0.2, -0.15) is 0 Å². The first-order chi connectivity index (χ1) is 39.2. The number of aromatic amines is 3. The second-order valence-electron chi connectivity index (χ2n) is 24.4. The number of H-pyrrole nitrogens is 3. The van der Waals surface area contributed by atoms with Crippen LogP contribution in [0.15, 0.2) is 122 Å². The number of hydrogen-bond donors (Lipinski definition) is 6. The molecule has 19 heteroatoms.